The molecule has 0 aliphatic carbocycles. The number of ether oxygens (including phenoxy) is 4. The quantitative estimate of drug-likeness (QED) is 0.461. The lowest BCUT2D eigenvalue weighted by Gasteiger charge is -2.12. The topological polar surface area (TPSA) is 109 Å². The molecule has 0 unspecified atom stereocenters. The van der Waals surface area contributed by atoms with E-state index < -0.39 is 10.8 Å². The fourth-order valence-corrected chi connectivity index (χ4v) is 2.69. The Hall–Kier alpha value is -3.75. The van der Waals surface area contributed by atoms with Crippen molar-refractivity contribution in [3.63, 3.8) is 0 Å². The standard InChI is InChI=1S/C19H18N2O7/c1-11-6-15(25-2)16(26-3)8-13(11)20-19(22)5-4-12-7-17-18(28-10-27-17)9-14(12)21(23)24/h4-9H,10H2,1-3H3,(H,20,22). The molecule has 1 heterocycles. The number of anilines is 1. The van der Waals surface area contributed by atoms with Crippen LogP contribution in [0.2, 0.25) is 0 Å². The molecule has 2 aromatic rings. The van der Waals surface area contributed by atoms with E-state index in [4.69, 9.17) is 18.9 Å². The van der Waals surface area contributed by atoms with E-state index in [1.807, 2.05) is 6.92 Å². The van der Waals surface area contributed by atoms with Crippen molar-refractivity contribution >= 4 is 23.4 Å². The normalized spacial score (nSPS) is 12.1. The van der Waals surface area contributed by atoms with Crippen LogP contribution in [0.4, 0.5) is 11.4 Å². The van der Waals surface area contributed by atoms with Gasteiger partial charge in [0.05, 0.1) is 30.8 Å². The molecule has 1 aliphatic rings. The molecule has 2 aromatic carbocycles. The lowest BCUT2D eigenvalue weighted by molar-refractivity contribution is -0.385. The van der Waals surface area contributed by atoms with Crippen LogP contribution in [0.3, 0.4) is 0 Å². The highest BCUT2D eigenvalue weighted by Crippen LogP contribution is 2.38. The van der Waals surface area contributed by atoms with Crippen LogP contribution in [-0.2, 0) is 4.79 Å². The molecule has 0 bridgehead atoms. The predicted octanol–water partition coefficient (Wildman–Crippen LogP) is 3.30. The van der Waals surface area contributed by atoms with Crippen LogP contribution in [-0.4, -0.2) is 31.8 Å². The summed E-state index contributed by atoms with van der Waals surface area (Å²) in [7, 11) is 3.02. The highest BCUT2D eigenvalue weighted by molar-refractivity contribution is 6.03. The van der Waals surface area contributed by atoms with Gasteiger partial charge < -0.3 is 24.3 Å². The third-order valence-corrected chi connectivity index (χ3v) is 4.12. The zero-order chi connectivity index (χ0) is 20.3. The predicted molar refractivity (Wildman–Crippen MR) is 101 cm³/mol. The average Bonchev–Trinajstić information content (AvgIpc) is 3.14. The fraction of sp³-hybridized carbons (Fsp3) is 0.211. The van der Waals surface area contributed by atoms with E-state index in [9.17, 15) is 14.9 Å². The van der Waals surface area contributed by atoms with Gasteiger partial charge in [0.25, 0.3) is 5.69 Å². The van der Waals surface area contributed by atoms with E-state index in [-0.39, 0.29) is 18.0 Å². The summed E-state index contributed by atoms with van der Waals surface area (Å²) < 4.78 is 20.8. The molecule has 28 heavy (non-hydrogen) atoms. The van der Waals surface area contributed by atoms with Gasteiger partial charge >= 0.3 is 0 Å². The second-order valence-electron chi connectivity index (χ2n) is 5.87. The van der Waals surface area contributed by atoms with Gasteiger partial charge in [-0.3, -0.25) is 14.9 Å². The van der Waals surface area contributed by atoms with Gasteiger partial charge in [-0.2, -0.15) is 0 Å². The number of carbonyl (C=O) groups excluding carboxylic acids is 1. The number of hydrogen-bond acceptors (Lipinski definition) is 7. The van der Waals surface area contributed by atoms with Gasteiger partial charge in [-0.1, -0.05) is 0 Å². The molecule has 0 spiro atoms. The van der Waals surface area contributed by atoms with Crippen molar-refractivity contribution in [2.24, 2.45) is 0 Å². The van der Waals surface area contributed by atoms with E-state index in [2.05, 4.69) is 5.32 Å². The molecular weight excluding hydrogens is 368 g/mol. The zero-order valence-corrected chi connectivity index (χ0v) is 15.5. The fourth-order valence-electron chi connectivity index (χ4n) is 2.69. The second kappa shape index (κ2) is 7.87. The van der Waals surface area contributed by atoms with Crippen LogP contribution in [0.5, 0.6) is 23.0 Å². The Morgan fingerprint density at radius 2 is 1.79 bits per heavy atom. The first-order valence-corrected chi connectivity index (χ1v) is 8.22. The molecular formula is C19H18N2O7. The van der Waals surface area contributed by atoms with E-state index in [1.54, 1.807) is 12.1 Å². The van der Waals surface area contributed by atoms with Crippen molar-refractivity contribution < 1.29 is 28.7 Å². The minimum atomic E-state index is -0.544. The average molecular weight is 386 g/mol. The minimum Gasteiger partial charge on any atom is -0.493 e. The second-order valence-corrected chi connectivity index (χ2v) is 5.87. The molecule has 0 atom stereocenters. The van der Waals surface area contributed by atoms with Gasteiger partial charge in [0.2, 0.25) is 12.7 Å². The number of methoxy groups -OCH3 is 2. The summed E-state index contributed by atoms with van der Waals surface area (Å²) in [6, 6.07) is 6.12. The Labute approximate surface area is 160 Å². The van der Waals surface area contributed by atoms with Gasteiger partial charge in [-0.05, 0) is 30.7 Å². The number of nitrogens with one attached hydrogen (secondary N) is 1. The molecule has 0 saturated carbocycles. The van der Waals surface area contributed by atoms with Crippen LogP contribution in [0.1, 0.15) is 11.1 Å². The maximum Gasteiger partial charge on any atom is 0.280 e. The molecule has 9 heteroatoms. The summed E-state index contributed by atoms with van der Waals surface area (Å²) in [5, 5.41) is 14.0. The molecule has 0 saturated heterocycles. The summed E-state index contributed by atoms with van der Waals surface area (Å²) in [5.74, 6) is 1.25. The number of rotatable bonds is 6. The van der Waals surface area contributed by atoms with Crippen LogP contribution in [0.15, 0.2) is 30.3 Å². The highest BCUT2D eigenvalue weighted by atomic mass is 16.7. The molecule has 146 valence electrons. The highest BCUT2D eigenvalue weighted by Gasteiger charge is 2.22. The number of hydrogen-bond donors (Lipinski definition) is 1. The molecule has 1 aliphatic heterocycles. The number of carbonyl (C=O) groups is 1. The largest absolute Gasteiger partial charge is 0.493 e. The SMILES string of the molecule is COc1cc(C)c(NC(=O)C=Cc2cc3c(cc2[N+](=O)[O-])OCO3)cc1OC. The molecule has 0 aromatic heterocycles. The molecule has 0 radical (unpaired) electrons. The van der Waals surface area contributed by atoms with E-state index >= 15 is 0 Å². The number of fused-ring (bicyclic) bond motifs is 1. The van der Waals surface area contributed by atoms with Gasteiger partial charge in [-0.15, -0.1) is 0 Å². The van der Waals surface area contributed by atoms with Crippen LogP contribution < -0.4 is 24.3 Å². The van der Waals surface area contributed by atoms with E-state index in [1.165, 1.54) is 38.5 Å². The maximum absolute atomic E-state index is 12.3. The Morgan fingerprint density at radius 3 is 2.43 bits per heavy atom. The van der Waals surface area contributed by atoms with Crippen LogP contribution in [0, 0.1) is 17.0 Å². The molecule has 1 N–H and O–H groups in total. The molecule has 3 rings (SSSR count). The number of nitro groups is 1. The third-order valence-electron chi connectivity index (χ3n) is 4.12. The summed E-state index contributed by atoms with van der Waals surface area (Å²) in [6.07, 6.45) is 2.56. The minimum absolute atomic E-state index is 0.00127. The van der Waals surface area contributed by atoms with E-state index in [0.717, 1.165) is 5.56 Å². The van der Waals surface area contributed by atoms with Gasteiger partial charge in [-0.25, -0.2) is 0 Å². The first kappa shape index (κ1) is 19.0. The third kappa shape index (κ3) is 3.83. The summed E-state index contributed by atoms with van der Waals surface area (Å²) in [6.45, 7) is 1.81. The molecule has 0 fully saturated rings. The smallest absolute Gasteiger partial charge is 0.280 e. The first-order chi connectivity index (χ1) is 13.4. The summed E-state index contributed by atoms with van der Waals surface area (Å²) in [5.41, 5.74) is 1.35. The lowest BCUT2D eigenvalue weighted by atomic mass is 10.1. The summed E-state index contributed by atoms with van der Waals surface area (Å²) in [4.78, 5) is 23.0. The number of amides is 1. The first-order valence-electron chi connectivity index (χ1n) is 8.22. The monoisotopic (exact) mass is 386 g/mol. The lowest BCUT2D eigenvalue weighted by Crippen LogP contribution is -2.09. The van der Waals surface area contributed by atoms with Crippen molar-refractivity contribution in [1.29, 1.82) is 0 Å². The van der Waals surface area contributed by atoms with Crippen molar-refractivity contribution in [2.75, 3.05) is 26.3 Å². The Balaban J connectivity index is 1.82. The van der Waals surface area contributed by atoms with Crippen molar-refractivity contribution in [1.82, 2.24) is 0 Å². The number of nitrogens with zero attached hydrogens (tertiary/aromatic N) is 1. The van der Waals surface area contributed by atoms with Gasteiger partial charge in [0.15, 0.2) is 23.0 Å². The van der Waals surface area contributed by atoms with E-state index in [0.29, 0.717) is 28.7 Å². The van der Waals surface area contributed by atoms with Crippen molar-refractivity contribution in [3.05, 3.63) is 51.6 Å². The van der Waals surface area contributed by atoms with Crippen LogP contribution in [0.25, 0.3) is 6.08 Å². The molecule has 1 amide bonds. The summed E-state index contributed by atoms with van der Waals surface area (Å²) >= 11 is 0. The Bertz CT molecular complexity index is 969. The Morgan fingerprint density at radius 1 is 1.14 bits per heavy atom. The van der Waals surface area contributed by atoms with Crippen molar-refractivity contribution in [2.45, 2.75) is 6.92 Å². The number of benzene rings is 2. The van der Waals surface area contributed by atoms with Crippen LogP contribution >= 0.6 is 0 Å². The number of nitro benzene ring substituents is 1. The van der Waals surface area contributed by atoms with Gasteiger partial charge in [0.1, 0.15) is 0 Å². The zero-order valence-electron chi connectivity index (χ0n) is 15.5. The van der Waals surface area contributed by atoms with Crippen molar-refractivity contribution in [3.8, 4) is 23.0 Å². The Kier molecular flexibility index (Phi) is 5.35. The number of aryl methyl sites for hydroxylation is 1. The van der Waals surface area contributed by atoms with Gasteiger partial charge in [0, 0.05) is 17.8 Å². The molecule has 9 nitrogen and oxygen atoms in total. The maximum atomic E-state index is 12.3.